The van der Waals surface area contributed by atoms with Gasteiger partial charge in [-0.15, -0.1) is 0 Å². The summed E-state index contributed by atoms with van der Waals surface area (Å²) in [5.74, 6) is 2.49. The molecule has 0 unspecified atom stereocenters. The van der Waals surface area contributed by atoms with Gasteiger partial charge in [0.25, 0.3) is 0 Å². The summed E-state index contributed by atoms with van der Waals surface area (Å²) < 4.78 is 2.36. The van der Waals surface area contributed by atoms with Gasteiger partial charge in [-0.05, 0) is 47.9 Å². The molecule has 1 aromatic carbocycles. The molecule has 132 valence electrons. The van der Waals surface area contributed by atoms with Crippen LogP contribution in [-0.4, -0.2) is 31.8 Å². The Kier molecular flexibility index (Phi) is 4.05. The van der Waals surface area contributed by atoms with Crippen molar-refractivity contribution in [2.75, 3.05) is 5.75 Å². The van der Waals surface area contributed by atoms with Crippen molar-refractivity contribution >= 4 is 45.6 Å². The number of nitrogens with zero attached hydrogens (tertiary/aromatic N) is 4. The first-order valence-corrected chi connectivity index (χ1v) is 10.7. The quantitative estimate of drug-likeness (QED) is 0.635. The molecule has 0 atom stereocenters. The minimum absolute atomic E-state index is 0.00539. The van der Waals surface area contributed by atoms with E-state index in [0.29, 0.717) is 12.3 Å². The zero-order valence-electron chi connectivity index (χ0n) is 14.2. The summed E-state index contributed by atoms with van der Waals surface area (Å²) in [5.41, 5.74) is 4.40. The molecule has 0 N–H and O–H groups in total. The lowest BCUT2D eigenvalue weighted by atomic mass is 10.2. The van der Waals surface area contributed by atoms with Gasteiger partial charge < -0.3 is 4.57 Å². The number of carbonyl (C=O) groups excluding carboxylic acids is 1. The molecule has 0 saturated heterocycles. The largest absolute Gasteiger partial charge is 0.324 e. The number of hydrazone groups is 1. The number of thioether (sulfide) groups is 1. The highest BCUT2D eigenvalue weighted by Crippen LogP contribution is 2.35. The molecule has 7 heteroatoms. The van der Waals surface area contributed by atoms with Crippen molar-refractivity contribution < 1.29 is 4.79 Å². The van der Waals surface area contributed by atoms with Crippen LogP contribution in [0.1, 0.15) is 18.4 Å². The molecule has 3 heterocycles. The first kappa shape index (κ1) is 16.1. The maximum absolute atomic E-state index is 12.0. The van der Waals surface area contributed by atoms with Gasteiger partial charge in [0.2, 0.25) is 0 Å². The van der Waals surface area contributed by atoms with Gasteiger partial charge in [0.05, 0.1) is 17.6 Å². The van der Waals surface area contributed by atoms with Crippen LogP contribution in [0.2, 0.25) is 0 Å². The van der Waals surface area contributed by atoms with Crippen LogP contribution in [-0.2, 0) is 13.1 Å². The second-order valence-electron chi connectivity index (χ2n) is 6.76. The molecule has 0 spiro atoms. The Morgan fingerprint density at radius 2 is 2.15 bits per heavy atom. The van der Waals surface area contributed by atoms with Crippen molar-refractivity contribution in [3.05, 3.63) is 40.6 Å². The molecule has 1 amide bonds. The molecule has 1 aliphatic carbocycles. The summed E-state index contributed by atoms with van der Waals surface area (Å²) in [5, 5.41) is 9.99. The lowest BCUT2D eigenvalue weighted by molar-refractivity contribution is 0.223. The van der Waals surface area contributed by atoms with E-state index >= 15 is 0 Å². The fourth-order valence-electron chi connectivity index (χ4n) is 3.27. The van der Waals surface area contributed by atoms with Crippen molar-refractivity contribution in [3.63, 3.8) is 0 Å². The Morgan fingerprint density at radius 1 is 1.23 bits per heavy atom. The molecule has 5 rings (SSSR count). The van der Waals surface area contributed by atoms with E-state index in [0.717, 1.165) is 29.4 Å². The Hall–Kier alpha value is -2.12. The van der Waals surface area contributed by atoms with Crippen LogP contribution in [0.15, 0.2) is 40.1 Å². The van der Waals surface area contributed by atoms with Gasteiger partial charge in [-0.25, -0.2) is 9.99 Å². The number of carbonyl (C=O) groups is 1. The highest BCUT2D eigenvalue weighted by Gasteiger charge is 2.25. The third-order valence-corrected chi connectivity index (χ3v) is 6.23. The lowest BCUT2D eigenvalue weighted by Gasteiger charge is -2.19. The van der Waals surface area contributed by atoms with Crippen molar-refractivity contribution in [2.45, 2.75) is 25.9 Å². The molecule has 1 fully saturated rings. The van der Waals surface area contributed by atoms with Crippen LogP contribution < -0.4 is 0 Å². The normalized spacial score (nSPS) is 17.4. The Labute approximate surface area is 159 Å². The van der Waals surface area contributed by atoms with Gasteiger partial charge in [-0.3, -0.25) is 4.79 Å². The number of benzene rings is 1. The molecule has 0 bridgehead atoms. The molecular weight excluding hydrogens is 364 g/mol. The van der Waals surface area contributed by atoms with Gasteiger partial charge in [0.15, 0.2) is 0 Å². The predicted molar refractivity (Wildman–Crippen MR) is 108 cm³/mol. The second-order valence-corrected chi connectivity index (χ2v) is 8.51. The first-order chi connectivity index (χ1) is 12.8. The molecule has 26 heavy (non-hydrogen) atoms. The van der Waals surface area contributed by atoms with Gasteiger partial charge in [0, 0.05) is 29.5 Å². The summed E-state index contributed by atoms with van der Waals surface area (Å²) in [4.78, 5) is 16.9. The number of aromatic nitrogens is 2. The van der Waals surface area contributed by atoms with E-state index in [9.17, 15) is 4.79 Å². The van der Waals surface area contributed by atoms with E-state index in [1.807, 2.05) is 0 Å². The van der Waals surface area contributed by atoms with Crippen LogP contribution in [0, 0.1) is 5.92 Å². The zero-order valence-corrected chi connectivity index (χ0v) is 15.8. The molecule has 5 nitrogen and oxygen atoms in total. The predicted octanol–water partition coefficient (Wildman–Crippen LogP) is 4.83. The van der Waals surface area contributed by atoms with Gasteiger partial charge in [0.1, 0.15) is 5.82 Å². The average molecular weight is 383 g/mol. The molecule has 0 radical (unpaired) electrons. The summed E-state index contributed by atoms with van der Waals surface area (Å²) in [6.45, 7) is 1.52. The maximum atomic E-state index is 12.0. The first-order valence-electron chi connectivity index (χ1n) is 8.76. The fourth-order valence-corrected chi connectivity index (χ4v) is 4.45. The Morgan fingerprint density at radius 3 is 2.92 bits per heavy atom. The number of amides is 1. The number of rotatable bonds is 5. The van der Waals surface area contributed by atoms with Crippen LogP contribution >= 0.6 is 23.1 Å². The summed E-state index contributed by atoms with van der Waals surface area (Å²) in [6, 6.07) is 8.46. The number of hydrogen-bond donors (Lipinski definition) is 0. The molecule has 2 aliphatic rings. The monoisotopic (exact) mass is 382 g/mol. The number of fused-ring (bicyclic) bond motifs is 1. The van der Waals surface area contributed by atoms with Gasteiger partial charge in [-0.1, -0.05) is 17.8 Å². The fraction of sp³-hybridized carbons (Fsp3) is 0.316. The summed E-state index contributed by atoms with van der Waals surface area (Å²) in [6.07, 6.45) is 4.41. The van der Waals surface area contributed by atoms with Crippen molar-refractivity contribution in [2.24, 2.45) is 11.0 Å². The maximum Gasteiger partial charge on any atom is 0.302 e. The molecule has 1 saturated carbocycles. The van der Waals surface area contributed by atoms with Crippen LogP contribution in [0.5, 0.6) is 0 Å². The molecular formula is C19H18N4OS2. The molecule has 1 aliphatic heterocycles. The van der Waals surface area contributed by atoms with E-state index < -0.39 is 0 Å². The van der Waals surface area contributed by atoms with E-state index in [2.05, 4.69) is 44.7 Å². The van der Waals surface area contributed by atoms with Crippen LogP contribution in [0.4, 0.5) is 4.79 Å². The second kappa shape index (κ2) is 6.55. The van der Waals surface area contributed by atoms with Gasteiger partial charge >= 0.3 is 5.24 Å². The lowest BCUT2D eigenvalue weighted by Crippen LogP contribution is -2.25. The number of thiophene rings is 1. The van der Waals surface area contributed by atoms with E-state index in [4.69, 9.17) is 4.98 Å². The highest BCUT2D eigenvalue weighted by molar-refractivity contribution is 8.14. The minimum atomic E-state index is 0.00539. The molecule has 2 aromatic heterocycles. The summed E-state index contributed by atoms with van der Waals surface area (Å²) >= 11 is 2.99. The smallest absolute Gasteiger partial charge is 0.302 e. The Bertz CT molecular complexity index is 989. The van der Waals surface area contributed by atoms with Crippen molar-refractivity contribution in [3.8, 4) is 11.4 Å². The van der Waals surface area contributed by atoms with E-state index in [-0.39, 0.29) is 5.24 Å². The highest BCUT2D eigenvalue weighted by atomic mass is 32.2. The Balaban J connectivity index is 1.52. The van der Waals surface area contributed by atoms with Gasteiger partial charge in [-0.2, -0.15) is 16.4 Å². The molecule has 3 aromatic rings. The average Bonchev–Trinajstić information content (AvgIpc) is 3.16. The number of hydrogen-bond acceptors (Lipinski definition) is 5. The standard InChI is InChI=1S/C19H18N4OS2/c24-19-23(20-6-8-26-19)11-14-3-4-17-16(9-14)21-18(15-5-7-25-12-15)22(17)10-13-1-2-13/h3-7,9,12-13H,1-2,8,10-11H2. The van der Waals surface area contributed by atoms with E-state index in [1.165, 1.54) is 40.7 Å². The number of imidazole rings is 1. The third-order valence-electron chi connectivity index (χ3n) is 4.78. The summed E-state index contributed by atoms with van der Waals surface area (Å²) in [7, 11) is 0. The van der Waals surface area contributed by atoms with Crippen LogP contribution in [0.25, 0.3) is 22.4 Å². The third kappa shape index (κ3) is 3.05. The SMILES string of the molecule is O=C1SCC=NN1Cc1ccc2c(c1)nc(-c1ccsc1)n2CC1CC1. The topological polar surface area (TPSA) is 50.5 Å². The minimum Gasteiger partial charge on any atom is -0.324 e. The van der Waals surface area contributed by atoms with E-state index in [1.54, 1.807) is 17.6 Å². The van der Waals surface area contributed by atoms with Crippen molar-refractivity contribution in [1.82, 2.24) is 14.6 Å². The van der Waals surface area contributed by atoms with Crippen molar-refractivity contribution in [1.29, 1.82) is 0 Å². The zero-order chi connectivity index (χ0) is 17.5. The van der Waals surface area contributed by atoms with Crippen LogP contribution in [0.3, 0.4) is 0 Å².